The first-order chi connectivity index (χ1) is 4.90. The molecule has 2 fully saturated rings. The van der Waals surface area contributed by atoms with Gasteiger partial charge in [0.15, 0.2) is 0 Å². The number of fused-ring (bicyclic) bond motifs is 2. The van der Waals surface area contributed by atoms with Crippen LogP contribution in [-0.2, 0) is 0 Å². The lowest BCUT2D eigenvalue weighted by atomic mass is 9.87. The number of hydrogen-bond donors (Lipinski definition) is 1. The average Bonchev–Trinajstić information content (AvgIpc) is 2.34. The Labute approximate surface area is 62.4 Å². The van der Waals surface area contributed by atoms with Crippen molar-refractivity contribution in [2.45, 2.75) is 12.8 Å². The maximum absolute atomic E-state index is 5.67. The Kier molecular flexibility index (Phi) is 1.66. The second kappa shape index (κ2) is 2.51. The maximum Gasteiger partial charge on any atom is 0.00133 e. The predicted octanol–water partition coefficient (Wildman–Crippen LogP) is 0.287. The second-order valence-electron chi connectivity index (χ2n) is 3.63. The summed E-state index contributed by atoms with van der Waals surface area (Å²) in [6, 6.07) is 0. The Hall–Kier alpha value is -0.0800. The quantitative estimate of drug-likeness (QED) is 0.567. The lowest BCUT2D eigenvalue weighted by Gasteiger charge is -2.29. The van der Waals surface area contributed by atoms with Gasteiger partial charge in [-0.1, -0.05) is 0 Å². The molecule has 0 saturated carbocycles. The van der Waals surface area contributed by atoms with Gasteiger partial charge in [0.2, 0.25) is 0 Å². The van der Waals surface area contributed by atoms with Crippen LogP contribution < -0.4 is 5.73 Å². The van der Waals surface area contributed by atoms with Gasteiger partial charge in [0.1, 0.15) is 0 Å². The minimum atomic E-state index is 0.846. The Morgan fingerprint density at radius 2 is 2.10 bits per heavy atom. The van der Waals surface area contributed by atoms with E-state index in [-0.39, 0.29) is 0 Å². The highest BCUT2D eigenvalue weighted by Crippen LogP contribution is 2.30. The first-order valence-corrected chi connectivity index (χ1v) is 4.32. The Bertz CT molecular complexity index is 124. The van der Waals surface area contributed by atoms with Crippen molar-refractivity contribution in [3.8, 4) is 0 Å². The number of hydrogen-bond acceptors (Lipinski definition) is 2. The molecular weight excluding hydrogens is 124 g/mol. The van der Waals surface area contributed by atoms with Gasteiger partial charge in [0, 0.05) is 6.54 Å². The van der Waals surface area contributed by atoms with Crippen LogP contribution >= 0.6 is 0 Å². The molecule has 0 aromatic heterocycles. The lowest BCUT2D eigenvalue weighted by Crippen LogP contribution is -2.35. The van der Waals surface area contributed by atoms with E-state index in [1.165, 1.54) is 32.5 Å². The Balaban J connectivity index is 2.00. The molecule has 3 unspecified atom stereocenters. The van der Waals surface area contributed by atoms with Crippen LogP contribution in [0, 0.1) is 11.8 Å². The zero-order valence-electron chi connectivity index (χ0n) is 6.42. The van der Waals surface area contributed by atoms with E-state index in [9.17, 15) is 0 Å². The topological polar surface area (TPSA) is 29.3 Å². The van der Waals surface area contributed by atoms with Crippen molar-refractivity contribution < 1.29 is 0 Å². The van der Waals surface area contributed by atoms with E-state index in [0.29, 0.717) is 0 Å². The fourth-order valence-corrected chi connectivity index (χ4v) is 2.34. The van der Waals surface area contributed by atoms with Crippen molar-refractivity contribution in [2.24, 2.45) is 17.6 Å². The molecule has 3 atom stereocenters. The molecule has 0 amide bonds. The van der Waals surface area contributed by atoms with Crippen LogP contribution in [0.3, 0.4) is 0 Å². The third kappa shape index (κ3) is 0.956. The van der Waals surface area contributed by atoms with Gasteiger partial charge in [-0.25, -0.2) is 0 Å². The summed E-state index contributed by atoms with van der Waals surface area (Å²) in [5, 5.41) is 0. The van der Waals surface area contributed by atoms with Crippen molar-refractivity contribution >= 4 is 0 Å². The predicted molar refractivity (Wildman–Crippen MR) is 41.7 cm³/mol. The molecule has 0 radical (unpaired) electrons. The maximum atomic E-state index is 5.67. The van der Waals surface area contributed by atoms with Crippen LogP contribution in [0.2, 0.25) is 0 Å². The molecule has 0 aromatic rings. The van der Waals surface area contributed by atoms with Gasteiger partial charge in [-0.3, -0.25) is 0 Å². The molecule has 2 heterocycles. The summed E-state index contributed by atoms with van der Waals surface area (Å²) >= 11 is 0. The average molecular weight is 140 g/mol. The van der Waals surface area contributed by atoms with E-state index >= 15 is 0 Å². The number of rotatable bonds is 1. The van der Waals surface area contributed by atoms with Gasteiger partial charge >= 0.3 is 0 Å². The normalized spacial score (nSPS) is 45.9. The standard InChI is InChI=1S/C8H16N2/c9-5-7-1-3-10-4-2-8(7)6-10/h7-8H,1-6,9H2. The number of nitrogens with two attached hydrogens (primary N) is 1. The van der Waals surface area contributed by atoms with Crippen LogP contribution in [0.25, 0.3) is 0 Å². The molecule has 2 heteroatoms. The van der Waals surface area contributed by atoms with E-state index in [1.54, 1.807) is 0 Å². The molecule has 2 rings (SSSR count). The van der Waals surface area contributed by atoms with Gasteiger partial charge in [0.25, 0.3) is 0 Å². The molecular formula is C8H16N2. The Morgan fingerprint density at radius 3 is 2.90 bits per heavy atom. The highest BCUT2D eigenvalue weighted by Gasteiger charge is 2.32. The molecule has 2 saturated heterocycles. The van der Waals surface area contributed by atoms with E-state index in [1.807, 2.05) is 0 Å². The molecule has 2 nitrogen and oxygen atoms in total. The molecule has 2 bridgehead atoms. The van der Waals surface area contributed by atoms with E-state index in [4.69, 9.17) is 5.73 Å². The van der Waals surface area contributed by atoms with Gasteiger partial charge < -0.3 is 10.6 Å². The molecule has 0 aliphatic carbocycles. The van der Waals surface area contributed by atoms with Crippen LogP contribution in [-0.4, -0.2) is 31.1 Å². The van der Waals surface area contributed by atoms with Gasteiger partial charge in [0.05, 0.1) is 0 Å². The first kappa shape index (κ1) is 6.62. The van der Waals surface area contributed by atoms with E-state index in [2.05, 4.69) is 4.90 Å². The van der Waals surface area contributed by atoms with Crippen LogP contribution in [0.4, 0.5) is 0 Å². The molecule has 58 valence electrons. The molecule has 2 aliphatic heterocycles. The Morgan fingerprint density at radius 1 is 1.30 bits per heavy atom. The fourth-order valence-electron chi connectivity index (χ4n) is 2.34. The monoisotopic (exact) mass is 140 g/mol. The van der Waals surface area contributed by atoms with Crippen LogP contribution in [0.1, 0.15) is 12.8 Å². The van der Waals surface area contributed by atoms with Crippen molar-refractivity contribution in [1.29, 1.82) is 0 Å². The first-order valence-electron chi connectivity index (χ1n) is 4.32. The summed E-state index contributed by atoms with van der Waals surface area (Å²) in [4.78, 5) is 2.57. The summed E-state index contributed by atoms with van der Waals surface area (Å²) < 4.78 is 0. The zero-order chi connectivity index (χ0) is 6.97. The van der Waals surface area contributed by atoms with Crippen molar-refractivity contribution in [3.63, 3.8) is 0 Å². The summed E-state index contributed by atoms with van der Waals surface area (Å²) in [5.41, 5.74) is 5.67. The smallest absolute Gasteiger partial charge is 0.00133 e. The zero-order valence-corrected chi connectivity index (χ0v) is 6.42. The largest absolute Gasteiger partial charge is 0.330 e. The van der Waals surface area contributed by atoms with Gasteiger partial charge in [-0.15, -0.1) is 0 Å². The summed E-state index contributed by atoms with van der Waals surface area (Å²) in [7, 11) is 0. The molecule has 0 spiro atoms. The van der Waals surface area contributed by atoms with Crippen LogP contribution in [0.15, 0.2) is 0 Å². The lowest BCUT2D eigenvalue weighted by molar-refractivity contribution is 0.207. The molecule has 2 aliphatic rings. The third-order valence-electron chi connectivity index (χ3n) is 3.09. The van der Waals surface area contributed by atoms with E-state index in [0.717, 1.165) is 18.4 Å². The van der Waals surface area contributed by atoms with Gasteiger partial charge in [-0.2, -0.15) is 0 Å². The van der Waals surface area contributed by atoms with Crippen molar-refractivity contribution in [2.75, 3.05) is 26.2 Å². The highest BCUT2D eigenvalue weighted by atomic mass is 15.2. The number of piperidine rings is 1. The summed E-state index contributed by atoms with van der Waals surface area (Å²) in [5.74, 6) is 1.79. The van der Waals surface area contributed by atoms with Gasteiger partial charge in [-0.05, 0) is 44.3 Å². The minimum absolute atomic E-state index is 0.846. The fraction of sp³-hybridized carbons (Fsp3) is 1.00. The summed E-state index contributed by atoms with van der Waals surface area (Å²) in [6.45, 7) is 4.89. The van der Waals surface area contributed by atoms with Crippen molar-refractivity contribution in [3.05, 3.63) is 0 Å². The SMILES string of the molecule is NCC1CCN2CCC1C2. The highest BCUT2D eigenvalue weighted by molar-refractivity contribution is 4.86. The molecule has 10 heavy (non-hydrogen) atoms. The number of nitrogens with zero attached hydrogens (tertiary/aromatic N) is 1. The third-order valence-corrected chi connectivity index (χ3v) is 3.09. The second-order valence-corrected chi connectivity index (χ2v) is 3.63. The molecule has 2 N–H and O–H groups in total. The van der Waals surface area contributed by atoms with Crippen molar-refractivity contribution in [1.82, 2.24) is 4.90 Å². The van der Waals surface area contributed by atoms with Crippen LogP contribution in [0.5, 0.6) is 0 Å². The molecule has 0 aromatic carbocycles. The minimum Gasteiger partial charge on any atom is -0.330 e. The van der Waals surface area contributed by atoms with E-state index < -0.39 is 0 Å². The summed E-state index contributed by atoms with van der Waals surface area (Å²) in [6.07, 6.45) is 2.75.